The van der Waals surface area contributed by atoms with Crippen LogP contribution in [0.25, 0.3) is 11.4 Å². The molecule has 0 aliphatic heterocycles. The van der Waals surface area contributed by atoms with Crippen molar-refractivity contribution in [2.24, 2.45) is 0 Å². The molecule has 0 saturated heterocycles. The first-order chi connectivity index (χ1) is 13.5. The fourth-order valence-corrected chi connectivity index (χ4v) is 3.29. The van der Waals surface area contributed by atoms with Gasteiger partial charge in [-0.1, -0.05) is 54.6 Å². The molecule has 0 saturated carbocycles. The number of Topliss-reactive ketones (excluding diaryl/α,β-unsaturated/α-hetero) is 1. The minimum Gasteiger partial charge on any atom is -0.434 e. The topological polar surface area (TPSA) is 67.9 Å². The lowest BCUT2D eigenvalue weighted by Crippen LogP contribution is -2.10. The SMILES string of the molecule is CCc1ccc(-c2nc(SCC(=O)c3cc(C)ccc3OC(F)F)n[nH]2)cc1. The molecule has 0 aliphatic carbocycles. The van der Waals surface area contributed by atoms with E-state index in [2.05, 4.69) is 26.8 Å². The van der Waals surface area contributed by atoms with Crippen LogP contribution in [0.15, 0.2) is 47.6 Å². The van der Waals surface area contributed by atoms with Gasteiger partial charge in [0.15, 0.2) is 11.6 Å². The molecule has 0 bridgehead atoms. The number of ketones is 1. The highest BCUT2D eigenvalue weighted by Gasteiger charge is 2.17. The number of rotatable bonds is 8. The fourth-order valence-electron chi connectivity index (χ4n) is 2.61. The third-order valence-corrected chi connectivity index (χ3v) is 4.93. The summed E-state index contributed by atoms with van der Waals surface area (Å²) in [6, 6.07) is 12.5. The molecule has 3 aromatic rings. The normalized spacial score (nSPS) is 11.0. The number of thioether (sulfide) groups is 1. The van der Waals surface area contributed by atoms with E-state index in [-0.39, 0.29) is 22.8 Å². The van der Waals surface area contributed by atoms with Crippen LogP contribution in [0.2, 0.25) is 0 Å². The number of hydrogen-bond donors (Lipinski definition) is 1. The Morgan fingerprint density at radius 1 is 1.21 bits per heavy atom. The van der Waals surface area contributed by atoms with Gasteiger partial charge in [-0.3, -0.25) is 9.89 Å². The number of carbonyl (C=O) groups excluding carboxylic acids is 1. The summed E-state index contributed by atoms with van der Waals surface area (Å²) >= 11 is 1.13. The van der Waals surface area contributed by atoms with Gasteiger partial charge >= 0.3 is 6.61 Å². The van der Waals surface area contributed by atoms with Crippen molar-refractivity contribution < 1.29 is 18.3 Å². The average Bonchev–Trinajstić information content (AvgIpc) is 3.16. The number of ether oxygens (including phenoxy) is 1. The second-order valence-corrected chi connectivity index (χ2v) is 7.05. The summed E-state index contributed by atoms with van der Waals surface area (Å²) in [5.74, 6) is 0.158. The maximum Gasteiger partial charge on any atom is 0.387 e. The molecule has 1 heterocycles. The summed E-state index contributed by atoms with van der Waals surface area (Å²) in [5.41, 5.74) is 3.03. The van der Waals surface area contributed by atoms with Gasteiger partial charge in [-0.15, -0.1) is 5.10 Å². The van der Waals surface area contributed by atoms with Crippen LogP contribution in [-0.4, -0.2) is 33.3 Å². The largest absolute Gasteiger partial charge is 0.434 e. The summed E-state index contributed by atoms with van der Waals surface area (Å²) in [6.45, 7) is 0.874. The summed E-state index contributed by atoms with van der Waals surface area (Å²) in [4.78, 5) is 16.9. The number of carbonyl (C=O) groups is 1. The molecule has 0 unspecified atom stereocenters. The van der Waals surface area contributed by atoms with Crippen molar-refractivity contribution in [1.82, 2.24) is 15.2 Å². The van der Waals surface area contributed by atoms with Gasteiger partial charge in [0, 0.05) is 5.56 Å². The first-order valence-corrected chi connectivity index (χ1v) is 9.68. The predicted octanol–water partition coefficient (Wildman–Crippen LogP) is 4.92. The molecule has 0 radical (unpaired) electrons. The Morgan fingerprint density at radius 3 is 2.64 bits per heavy atom. The van der Waals surface area contributed by atoms with Crippen molar-refractivity contribution >= 4 is 17.5 Å². The average molecular weight is 403 g/mol. The van der Waals surface area contributed by atoms with Crippen molar-refractivity contribution in [3.05, 3.63) is 59.2 Å². The number of hydrogen-bond acceptors (Lipinski definition) is 5. The van der Waals surface area contributed by atoms with Gasteiger partial charge in [0.2, 0.25) is 5.16 Å². The Balaban J connectivity index is 1.68. The Labute approximate surface area is 165 Å². The van der Waals surface area contributed by atoms with Crippen LogP contribution in [0, 0.1) is 6.92 Å². The number of nitrogens with zero attached hydrogens (tertiary/aromatic N) is 2. The molecule has 1 aromatic heterocycles. The van der Waals surface area contributed by atoms with E-state index in [1.165, 1.54) is 11.6 Å². The third-order valence-electron chi connectivity index (χ3n) is 4.08. The van der Waals surface area contributed by atoms with Crippen molar-refractivity contribution in [3.63, 3.8) is 0 Å². The number of aryl methyl sites for hydroxylation is 2. The van der Waals surface area contributed by atoms with Gasteiger partial charge in [0.1, 0.15) is 5.75 Å². The van der Waals surface area contributed by atoms with Crippen molar-refractivity contribution in [2.75, 3.05) is 5.75 Å². The number of halogens is 2. The Kier molecular flexibility index (Phi) is 6.41. The monoisotopic (exact) mass is 403 g/mol. The number of alkyl halides is 2. The summed E-state index contributed by atoms with van der Waals surface area (Å²) < 4.78 is 29.6. The van der Waals surface area contributed by atoms with Gasteiger partial charge in [-0.25, -0.2) is 4.98 Å². The minimum absolute atomic E-state index is 0.00904. The van der Waals surface area contributed by atoms with E-state index in [0.29, 0.717) is 11.0 Å². The predicted molar refractivity (Wildman–Crippen MR) is 104 cm³/mol. The van der Waals surface area contributed by atoms with Crippen LogP contribution < -0.4 is 4.74 Å². The molecular formula is C20H19F2N3O2S. The van der Waals surface area contributed by atoms with E-state index in [1.54, 1.807) is 19.1 Å². The highest BCUT2D eigenvalue weighted by atomic mass is 32.2. The van der Waals surface area contributed by atoms with Crippen LogP contribution in [0.1, 0.15) is 28.4 Å². The highest BCUT2D eigenvalue weighted by molar-refractivity contribution is 7.99. The van der Waals surface area contributed by atoms with Crippen LogP contribution in [0.5, 0.6) is 5.75 Å². The molecule has 0 spiro atoms. The molecule has 5 nitrogen and oxygen atoms in total. The van der Waals surface area contributed by atoms with E-state index in [0.717, 1.165) is 29.3 Å². The van der Waals surface area contributed by atoms with E-state index in [4.69, 9.17) is 0 Å². The van der Waals surface area contributed by atoms with Crippen LogP contribution in [0.3, 0.4) is 0 Å². The van der Waals surface area contributed by atoms with E-state index in [1.807, 2.05) is 24.3 Å². The molecule has 0 aliphatic rings. The molecule has 3 rings (SSSR count). The molecular weight excluding hydrogens is 384 g/mol. The van der Waals surface area contributed by atoms with Crippen LogP contribution >= 0.6 is 11.8 Å². The van der Waals surface area contributed by atoms with Crippen LogP contribution in [0.4, 0.5) is 8.78 Å². The second kappa shape index (κ2) is 8.97. The van der Waals surface area contributed by atoms with Gasteiger partial charge in [-0.2, -0.15) is 8.78 Å². The van der Waals surface area contributed by atoms with Gasteiger partial charge in [0.05, 0.1) is 11.3 Å². The molecule has 0 amide bonds. The first-order valence-electron chi connectivity index (χ1n) is 8.69. The van der Waals surface area contributed by atoms with E-state index < -0.39 is 6.61 Å². The Morgan fingerprint density at radius 2 is 1.96 bits per heavy atom. The molecule has 28 heavy (non-hydrogen) atoms. The zero-order valence-corrected chi connectivity index (χ0v) is 16.2. The lowest BCUT2D eigenvalue weighted by Gasteiger charge is -2.10. The molecule has 146 valence electrons. The number of aromatic amines is 1. The number of aromatic nitrogens is 3. The Hall–Kier alpha value is -2.74. The fraction of sp³-hybridized carbons (Fsp3) is 0.250. The number of nitrogens with one attached hydrogen (secondary N) is 1. The van der Waals surface area contributed by atoms with E-state index >= 15 is 0 Å². The quantitative estimate of drug-likeness (QED) is 0.427. The highest BCUT2D eigenvalue weighted by Crippen LogP contribution is 2.26. The lowest BCUT2D eigenvalue weighted by atomic mass is 10.1. The lowest BCUT2D eigenvalue weighted by molar-refractivity contribution is -0.0501. The van der Waals surface area contributed by atoms with Crippen molar-refractivity contribution in [2.45, 2.75) is 32.0 Å². The third kappa shape index (κ3) is 4.95. The maximum absolute atomic E-state index is 12.6. The van der Waals surface area contributed by atoms with E-state index in [9.17, 15) is 13.6 Å². The first kappa shape index (κ1) is 20.0. The molecule has 2 aromatic carbocycles. The standard InChI is InChI=1S/C20H19F2N3O2S/c1-3-13-5-7-14(8-6-13)18-23-20(25-24-18)28-11-16(26)15-10-12(2)4-9-17(15)27-19(21)22/h4-10,19H,3,11H2,1-2H3,(H,23,24,25). The zero-order valence-electron chi connectivity index (χ0n) is 15.4. The Bertz CT molecular complexity index is 958. The summed E-state index contributed by atoms with van der Waals surface area (Å²) in [5, 5.41) is 7.37. The number of benzene rings is 2. The van der Waals surface area contributed by atoms with Gasteiger partial charge < -0.3 is 4.74 Å². The van der Waals surface area contributed by atoms with Gasteiger partial charge in [0.25, 0.3) is 0 Å². The number of H-pyrrole nitrogens is 1. The van der Waals surface area contributed by atoms with Crippen molar-refractivity contribution in [3.8, 4) is 17.1 Å². The second-order valence-electron chi connectivity index (χ2n) is 6.11. The van der Waals surface area contributed by atoms with Crippen molar-refractivity contribution in [1.29, 1.82) is 0 Å². The summed E-state index contributed by atoms with van der Waals surface area (Å²) in [6.07, 6.45) is 0.954. The van der Waals surface area contributed by atoms with Crippen LogP contribution in [-0.2, 0) is 6.42 Å². The molecule has 0 fully saturated rings. The smallest absolute Gasteiger partial charge is 0.387 e. The zero-order chi connectivity index (χ0) is 20.1. The maximum atomic E-state index is 12.6. The summed E-state index contributed by atoms with van der Waals surface area (Å²) in [7, 11) is 0. The van der Waals surface area contributed by atoms with Gasteiger partial charge in [-0.05, 0) is 31.0 Å². The molecule has 0 atom stereocenters. The molecule has 8 heteroatoms. The molecule has 1 N–H and O–H groups in total. The minimum atomic E-state index is -2.99.